The number of benzene rings is 12. The zero-order chi connectivity index (χ0) is 67.7. The summed E-state index contributed by atoms with van der Waals surface area (Å²) >= 11 is 0. The van der Waals surface area contributed by atoms with Crippen molar-refractivity contribution in [2.75, 3.05) is 4.90 Å². The Labute approximate surface area is 556 Å². The lowest BCUT2D eigenvalue weighted by Crippen LogP contribution is -2.10. The SMILES string of the molecule is O=C(O)c1ccc(-c2cc(C#Cc3ccc(N(c4ccc(C#Cc5cc(-c6ccc(C(=O)O)cc6)cc(-c6ccc(C(=O)O)cc6)c5)cc4)c4ccc(C#Cc5cc(-c6ccc(C(=O)O)cc6)cc(-c6ccc(C(=O)O)cc6)c5)cc4)cc3)cc(-c3ccc(C(=O)O)cc3)c2)cc1. The minimum atomic E-state index is -1.04. The van der Waals surface area contributed by atoms with Crippen molar-refractivity contribution in [2.45, 2.75) is 0 Å². The number of carboxylic acid groups (broad SMARTS) is 6. The van der Waals surface area contributed by atoms with Crippen LogP contribution in [0.1, 0.15) is 95.5 Å². The fourth-order valence-electron chi connectivity index (χ4n) is 10.9. The molecule has 0 amide bonds. The third kappa shape index (κ3) is 15.0. The van der Waals surface area contributed by atoms with Crippen molar-refractivity contribution in [2.24, 2.45) is 0 Å². The Morgan fingerprint density at radius 1 is 0.186 bits per heavy atom. The van der Waals surface area contributed by atoms with Crippen LogP contribution >= 0.6 is 0 Å². The van der Waals surface area contributed by atoms with E-state index < -0.39 is 35.8 Å². The molecule has 0 spiro atoms. The van der Waals surface area contributed by atoms with E-state index in [0.29, 0.717) is 33.4 Å². The maximum absolute atomic E-state index is 11.7. The molecule has 6 N–H and O–H groups in total. The molecule has 0 atom stereocenters. The quantitative estimate of drug-likeness (QED) is 0.0526. The molecule has 0 bridgehead atoms. The fraction of sp³-hybridized carbons (Fsp3) is 0. The Bertz CT molecular complexity index is 4520. The van der Waals surface area contributed by atoms with E-state index in [0.717, 1.165) is 83.8 Å². The summed E-state index contributed by atoms with van der Waals surface area (Å²) in [6, 6.07) is 79.9. The van der Waals surface area contributed by atoms with E-state index in [-0.39, 0.29) is 33.4 Å². The predicted molar refractivity (Wildman–Crippen MR) is 373 cm³/mol. The van der Waals surface area contributed by atoms with Crippen LogP contribution in [0.2, 0.25) is 0 Å². The molecule has 13 nitrogen and oxygen atoms in total. The summed E-state index contributed by atoms with van der Waals surface area (Å²) in [4.78, 5) is 72.4. The highest BCUT2D eigenvalue weighted by atomic mass is 16.4. The predicted octanol–water partition coefficient (Wildman–Crippen LogP) is 17.5. The van der Waals surface area contributed by atoms with Crippen LogP contribution < -0.4 is 4.90 Å². The lowest BCUT2D eigenvalue weighted by atomic mass is 9.95. The monoisotopic (exact) mass is 1270 g/mol. The first-order valence-electron chi connectivity index (χ1n) is 30.1. The number of nitrogens with zero attached hydrogens (tertiary/aromatic N) is 1. The molecular weight excluding hydrogens is 1210 g/mol. The van der Waals surface area contributed by atoms with Gasteiger partial charge in [-0.2, -0.15) is 0 Å². The molecule has 0 aliphatic rings. The van der Waals surface area contributed by atoms with Gasteiger partial charge in [0.25, 0.3) is 0 Å². The lowest BCUT2D eigenvalue weighted by Gasteiger charge is -2.25. The summed E-state index contributed by atoms with van der Waals surface area (Å²) in [5.74, 6) is 13.7. The molecule has 0 saturated heterocycles. The summed E-state index contributed by atoms with van der Waals surface area (Å²) in [7, 11) is 0. The minimum Gasteiger partial charge on any atom is -0.478 e. The largest absolute Gasteiger partial charge is 0.478 e. The molecule has 12 aromatic rings. The molecular formula is C84H51NO12. The van der Waals surface area contributed by atoms with Crippen LogP contribution in [0, 0.1) is 35.5 Å². The molecule has 0 fully saturated rings. The van der Waals surface area contributed by atoms with E-state index >= 15 is 0 Å². The van der Waals surface area contributed by atoms with Crippen LogP contribution in [0.5, 0.6) is 0 Å². The van der Waals surface area contributed by atoms with Gasteiger partial charge in [0, 0.05) is 50.4 Å². The average molecular weight is 1270 g/mol. The number of anilines is 3. The summed E-state index contributed by atoms with van der Waals surface area (Å²) < 4.78 is 0. The smallest absolute Gasteiger partial charge is 0.335 e. The van der Waals surface area contributed by atoms with E-state index in [2.05, 4.69) is 40.4 Å². The molecule has 0 aromatic heterocycles. The third-order valence-electron chi connectivity index (χ3n) is 16.0. The second-order valence-electron chi connectivity index (χ2n) is 22.4. The first-order valence-corrected chi connectivity index (χ1v) is 30.1. The van der Waals surface area contributed by atoms with E-state index in [4.69, 9.17) is 0 Å². The molecule has 0 radical (unpaired) electrons. The van der Waals surface area contributed by atoms with Gasteiger partial charge in [0.15, 0.2) is 0 Å². The van der Waals surface area contributed by atoms with Gasteiger partial charge in [0.1, 0.15) is 0 Å². The van der Waals surface area contributed by atoms with Crippen molar-refractivity contribution in [3.8, 4) is 102 Å². The van der Waals surface area contributed by atoms with Gasteiger partial charge in [0.05, 0.1) is 33.4 Å². The fourth-order valence-corrected chi connectivity index (χ4v) is 10.9. The van der Waals surface area contributed by atoms with Gasteiger partial charge in [-0.05, 0) is 267 Å². The molecule has 12 rings (SSSR count). The molecule has 0 aliphatic carbocycles. The number of carboxylic acids is 6. The Balaban J connectivity index is 0.892. The molecule has 0 unspecified atom stereocenters. The van der Waals surface area contributed by atoms with Gasteiger partial charge in [0.2, 0.25) is 0 Å². The van der Waals surface area contributed by atoms with E-state index in [1.807, 2.05) is 127 Å². The highest BCUT2D eigenvalue weighted by Gasteiger charge is 2.16. The van der Waals surface area contributed by atoms with Gasteiger partial charge >= 0.3 is 35.8 Å². The van der Waals surface area contributed by atoms with Crippen molar-refractivity contribution >= 4 is 52.9 Å². The minimum absolute atomic E-state index is 0.144. The Kier molecular flexibility index (Phi) is 18.1. The zero-order valence-electron chi connectivity index (χ0n) is 51.1. The molecule has 13 heteroatoms. The van der Waals surface area contributed by atoms with Gasteiger partial charge in [-0.3, -0.25) is 0 Å². The number of hydrogen-bond donors (Lipinski definition) is 6. The second-order valence-corrected chi connectivity index (χ2v) is 22.4. The summed E-state index contributed by atoms with van der Waals surface area (Å²) in [6.45, 7) is 0. The molecule has 0 aliphatic heterocycles. The van der Waals surface area contributed by atoms with Crippen LogP contribution in [0.3, 0.4) is 0 Å². The second kappa shape index (κ2) is 27.8. The van der Waals surface area contributed by atoms with Crippen LogP contribution in [0.25, 0.3) is 66.8 Å². The molecule has 12 aromatic carbocycles. The third-order valence-corrected chi connectivity index (χ3v) is 16.0. The number of rotatable bonds is 15. The molecule has 464 valence electrons. The Hall–Kier alpha value is -14.1. The summed E-state index contributed by atoms with van der Waals surface area (Å²) in [6.07, 6.45) is 0. The summed E-state index contributed by atoms with van der Waals surface area (Å²) in [5.41, 5.74) is 16.6. The van der Waals surface area contributed by atoms with Crippen LogP contribution in [0.15, 0.2) is 273 Å². The van der Waals surface area contributed by atoms with Crippen molar-refractivity contribution in [1.82, 2.24) is 0 Å². The summed E-state index contributed by atoms with van der Waals surface area (Å²) in [5, 5.41) is 57.5. The number of carbonyl (C=O) groups is 6. The highest BCUT2D eigenvalue weighted by molar-refractivity contribution is 5.93. The van der Waals surface area contributed by atoms with E-state index in [9.17, 15) is 59.4 Å². The molecule has 0 saturated carbocycles. The van der Waals surface area contributed by atoms with Gasteiger partial charge in [-0.1, -0.05) is 108 Å². The Morgan fingerprint density at radius 3 is 0.495 bits per heavy atom. The van der Waals surface area contributed by atoms with Gasteiger partial charge in [-0.25, -0.2) is 28.8 Å². The highest BCUT2D eigenvalue weighted by Crippen LogP contribution is 2.37. The van der Waals surface area contributed by atoms with Crippen LogP contribution in [-0.2, 0) is 0 Å². The van der Waals surface area contributed by atoms with Crippen molar-refractivity contribution in [1.29, 1.82) is 0 Å². The number of aromatic carboxylic acids is 6. The first kappa shape index (κ1) is 63.1. The van der Waals surface area contributed by atoms with Crippen molar-refractivity contribution in [3.63, 3.8) is 0 Å². The van der Waals surface area contributed by atoms with Crippen molar-refractivity contribution in [3.05, 3.63) is 340 Å². The van der Waals surface area contributed by atoms with Crippen LogP contribution in [0.4, 0.5) is 17.1 Å². The van der Waals surface area contributed by atoms with E-state index in [1.165, 1.54) is 72.8 Å². The molecule has 0 heterocycles. The number of hydrogen-bond acceptors (Lipinski definition) is 7. The lowest BCUT2D eigenvalue weighted by molar-refractivity contribution is 0.0686. The normalized spacial score (nSPS) is 10.5. The average Bonchev–Trinajstić information content (AvgIpc) is 0.855. The molecule has 97 heavy (non-hydrogen) atoms. The van der Waals surface area contributed by atoms with E-state index in [1.54, 1.807) is 72.8 Å². The Morgan fingerprint density at radius 2 is 0.340 bits per heavy atom. The van der Waals surface area contributed by atoms with Gasteiger partial charge in [-0.15, -0.1) is 0 Å². The van der Waals surface area contributed by atoms with Gasteiger partial charge < -0.3 is 35.5 Å². The topological polar surface area (TPSA) is 227 Å². The maximum Gasteiger partial charge on any atom is 0.335 e. The maximum atomic E-state index is 11.7. The zero-order valence-corrected chi connectivity index (χ0v) is 51.1. The first-order chi connectivity index (χ1) is 46.9. The van der Waals surface area contributed by atoms with Crippen molar-refractivity contribution < 1.29 is 59.4 Å². The van der Waals surface area contributed by atoms with Crippen LogP contribution in [-0.4, -0.2) is 66.5 Å². The standard InChI is InChI=1S/C84H51NO12/c86-79(87)64-25-13-58(14-26-64)70-43-55(44-71(49-70)59-15-27-65(28-16-59)80(88)89)4-1-52-7-37-76(38-8-52)85(77-39-9-53(10-40-77)2-5-56-45-72(60-17-29-66(30-18-60)81(90)91)50-73(46-56)61-19-31-67(32-20-61)82(92)93)78-41-11-54(12-42-78)3-6-57-47-74(62-21-33-68(34-22-62)83(94)95)51-75(48-57)63-23-35-69(36-24-63)84(96)97/h7-51H,(H,86,87)(H,88,89)(H,90,91)(H,92,93)(H,94,95)(H,96,97).